The van der Waals surface area contributed by atoms with Crippen molar-refractivity contribution in [3.8, 4) is 5.75 Å². The van der Waals surface area contributed by atoms with Crippen LogP contribution in [0.1, 0.15) is 95.1 Å². The van der Waals surface area contributed by atoms with Crippen LogP contribution in [0, 0.1) is 0 Å². The number of hydrogen-bond donors (Lipinski definition) is 0. The van der Waals surface area contributed by atoms with Crippen molar-refractivity contribution in [3.63, 3.8) is 0 Å². The molecular weight excluding hydrogens is 470 g/mol. The lowest BCUT2D eigenvalue weighted by Gasteiger charge is -2.27. The molecule has 0 N–H and O–H groups in total. The van der Waals surface area contributed by atoms with Gasteiger partial charge in [0.2, 0.25) is 5.91 Å². The summed E-state index contributed by atoms with van der Waals surface area (Å²) in [7, 11) is 0. The molecule has 1 fully saturated rings. The Hall–Kier alpha value is -2.74. The Labute approximate surface area is 219 Å². The number of ketones is 2. The Morgan fingerprint density at radius 2 is 1.86 bits per heavy atom. The highest BCUT2D eigenvalue weighted by atomic mass is 16.5. The van der Waals surface area contributed by atoms with Crippen molar-refractivity contribution in [1.29, 1.82) is 0 Å². The fourth-order valence-electron chi connectivity index (χ4n) is 5.67. The minimum atomic E-state index is -0.562. The first-order valence-electron chi connectivity index (χ1n) is 13.9. The Morgan fingerprint density at radius 1 is 1.14 bits per heavy atom. The van der Waals surface area contributed by atoms with Crippen LogP contribution in [0.25, 0.3) is 10.9 Å². The van der Waals surface area contributed by atoms with Gasteiger partial charge in [0, 0.05) is 31.9 Å². The van der Waals surface area contributed by atoms with Crippen molar-refractivity contribution < 1.29 is 23.9 Å². The third kappa shape index (κ3) is 6.22. The van der Waals surface area contributed by atoms with E-state index in [1.165, 1.54) is 6.92 Å². The van der Waals surface area contributed by atoms with Gasteiger partial charge in [-0.1, -0.05) is 32.6 Å². The van der Waals surface area contributed by atoms with Gasteiger partial charge in [-0.25, -0.2) is 0 Å². The molecule has 0 spiro atoms. The largest absolute Gasteiger partial charge is 0.491 e. The molecule has 2 aromatic rings. The third-order valence-electron chi connectivity index (χ3n) is 7.40. The Kier molecular flexibility index (Phi) is 9.00. The van der Waals surface area contributed by atoms with Crippen LogP contribution in [0.2, 0.25) is 0 Å². The van der Waals surface area contributed by atoms with Gasteiger partial charge >= 0.3 is 0 Å². The van der Waals surface area contributed by atoms with Crippen molar-refractivity contribution >= 4 is 28.4 Å². The summed E-state index contributed by atoms with van der Waals surface area (Å²) in [4.78, 5) is 40.8. The maximum absolute atomic E-state index is 13.6. The minimum absolute atomic E-state index is 0.00412. The van der Waals surface area contributed by atoms with Crippen molar-refractivity contribution in [3.05, 3.63) is 23.4 Å². The number of ether oxygens (including phenoxy) is 2. The van der Waals surface area contributed by atoms with Crippen molar-refractivity contribution in [2.45, 2.75) is 110 Å². The number of hydrogen-bond acceptors (Lipinski definition) is 6. The number of Topliss-reactive ketones (excluding diaryl/α,β-unsaturated/α-hetero) is 2. The second kappa shape index (κ2) is 12.2. The number of carbonyl (C=O) groups is 3. The zero-order chi connectivity index (χ0) is 26.5. The molecule has 1 amide bonds. The predicted octanol–water partition coefficient (Wildman–Crippen LogP) is 4.89. The van der Waals surface area contributed by atoms with Gasteiger partial charge in [0.25, 0.3) is 0 Å². The van der Waals surface area contributed by atoms with Crippen LogP contribution in [-0.4, -0.2) is 63.6 Å². The van der Waals surface area contributed by atoms with Gasteiger partial charge in [-0.15, -0.1) is 0 Å². The molecule has 0 saturated carbocycles. The smallest absolute Gasteiger partial charge is 0.245 e. The highest BCUT2D eigenvalue weighted by Crippen LogP contribution is 2.32. The zero-order valence-corrected chi connectivity index (χ0v) is 22.8. The normalized spacial score (nSPS) is 21.9. The van der Waals surface area contributed by atoms with E-state index in [1.54, 1.807) is 9.58 Å². The molecule has 2 aliphatic rings. The average Bonchev–Trinajstić information content (AvgIpc) is 3.43. The highest BCUT2D eigenvalue weighted by Gasteiger charge is 2.41. The summed E-state index contributed by atoms with van der Waals surface area (Å²) in [5.41, 5.74) is 2.19. The van der Waals surface area contributed by atoms with Crippen molar-refractivity contribution in [1.82, 2.24) is 14.7 Å². The topological polar surface area (TPSA) is 90.7 Å². The number of amides is 1. The van der Waals surface area contributed by atoms with Crippen LogP contribution in [0.4, 0.5) is 0 Å². The molecular formula is C29H41N3O5. The fourth-order valence-corrected chi connectivity index (χ4v) is 5.67. The van der Waals surface area contributed by atoms with Gasteiger partial charge in [0.05, 0.1) is 17.7 Å². The Bertz CT molecular complexity index is 1140. The Balaban J connectivity index is 1.77. The fraction of sp³-hybridized carbons (Fsp3) is 0.655. The molecule has 0 radical (unpaired) electrons. The second-order valence-corrected chi connectivity index (χ2v) is 10.6. The maximum atomic E-state index is 13.6. The summed E-state index contributed by atoms with van der Waals surface area (Å²) in [6, 6.07) is 3.34. The monoisotopic (exact) mass is 511 g/mol. The predicted molar refractivity (Wildman–Crippen MR) is 142 cm³/mol. The standard InChI is InChI=1S/C29H41N3O5/c1-5-24(34)29-25-13-14-31(29)26(35)18-32-28-21(12-10-8-6-7-9-11-15-36-25)16-22(37-19(2)3)17-23(28)27(30-32)20(4)33/h16-17,19,25,29H,5-15,18H2,1-4H3/t25-,29-/m1/s1. The van der Waals surface area contributed by atoms with Crippen LogP contribution in [0.15, 0.2) is 12.1 Å². The van der Waals surface area contributed by atoms with Gasteiger partial charge in [0.15, 0.2) is 11.6 Å². The molecule has 2 aliphatic heterocycles. The summed E-state index contributed by atoms with van der Waals surface area (Å²) in [5.74, 6) is 0.416. The van der Waals surface area contributed by atoms with E-state index in [0.29, 0.717) is 37.4 Å². The molecule has 1 aromatic carbocycles. The SMILES string of the molecule is CCC(=O)[C@@H]1[C@H]2CCN1C(=O)Cn1nc(C(C)=O)c3cc(OC(C)C)cc(c31)CCCCCCCCO2. The highest BCUT2D eigenvalue weighted by molar-refractivity contribution is 6.06. The molecule has 37 heavy (non-hydrogen) atoms. The lowest BCUT2D eigenvalue weighted by Crippen LogP contribution is -2.47. The zero-order valence-electron chi connectivity index (χ0n) is 22.8. The number of rotatable bonds is 5. The van der Waals surface area contributed by atoms with Gasteiger partial charge < -0.3 is 14.4 Å². The first-order chi connectivity index (χ1) is 17.8. The van der Waals surface area contributed by atoms with Crippen LogP contribution < -0.4 is 4.74 Å². The number of aryl methyl sites for hydroxylation is 1. The van der Waals surface area contributed by atoms with E-state index < -0.39 is 6.04 Å². The van der Waals surface area contributed by atoms with E-state index in [4.69, 9.17) is 9.47 Å². The van der Waals surface area contributed by atoms with E-state index >= 15 is 0 Å². The van der Waals surface area contributed by atoms with E-state index in [1.807, 2.05) is 32.9 Å². The second-order valence-electron chi connectivity index (χ2n) is 10.6. The van der Waals surface area contributed by atoms with Crippen molar-refractivity contribution in [2.24, 2.45) is 0 Å². The molecule has 4 rings (SSSR count). The van der Waals surface area contributed by atoms with Gasteiger partial charge in [-0.2, -0.15) is 5.10 Å². The molecule has 3 heterocycles. The maximum Gasteiger partial charge on any atom is 0.245 e. The van der Waals surface area contributed by atoms with E-state index in [9.17, 15) is 14.4 Å². The molecule has 0 unspecified atom stereocenters. The van der Waals surface area contributed by atoms with Crippen LogP contribution in [0.3, 0.4) is 0 Å². The van der Waals surface area contributed by atoms with Gasteiger partial charge in [-0.3, -0.25) is 19.1 Å². The number of nitrogens with zero attached hydrogens (tertiary/aromatic N) is 3. The molecule has 202 valence electrons. The number of carbonyl (C=O) groups excluding carboxylic acids is 3. The third-order valence-corrected chi connectivity index (χ3v) is 7.40. The number of fused-ring (bicyclic) bond motifs is 2. The first-order valence-corrected chi connectivity index (χ1v) is 13.9. The first kappa shape index (κ1) is 27.3. The lowest BCUT2D eigenvalue weighted by molar-refractivity contribution is -0.141. The molecule has 8 nitrogen and oxygen atoms in total. The molecule has 0 aliphatic carbocycles. The summed E-state index contributed by atoms with van der Waals surface area (Å²) in [6.07, 6.45) is 8.03. The van der Waals surface area contributed by atoms with E-state index in [2.05, 4.69) is 5.10 Å². The average molecular weight is 512 g/mol. The van der Waals surface area contributed by atoms with Crippen LogP contribution in [-0.2, 0) is 27.3 Å². The minimum Gasteiger partial charge on any atom is -0.491 e. The molecule has 2 bridgehead atoms. The van der Waals surface area contributed by atoms with Gasteiger partial charge in [-0.05, 0) is 57.2 Å². The number of aromatic nitrogens is 2. The summed E-state index contributed by atoms with van der Waals surface area (Å²) in [5, 5.41) is 5.35. The van der Waals surface area contributed by atoms with Crippen molar-refractivity contribution in [2.75, 3.05) is 13.2 Å². The Morgan fingerprint density at radius 3 is 2.57 bits per heavy atom. The molecule has 2 atom stereocenters. The van der Waals surface area contributed by atoms with E-state index in [-0.39, 0.29) is 36.2 Å². The molecule has 1 saturated heterocycles. The van der Waals surface area contributed by atoms with Gasteiger partial charge in [0.1, 0.15) is 24.0 Å². The van der Waals surface area contributed by atoms with Crippen LogP contribution >= 0.6 is 0 Å². The summed E-state index contributed by atoms with van der Waals surface area (Å²) in [6.45, 7) is 8.36. The lowest BCUT2D eigenvalue weighted by atomic mass is 10.0. The summed E-state index contributed by atoms with van der Waals surface area (Å²) < 4.78 is 13.8. The molecule has 1 aromatic heterocycles. The number of benzene rings is 1. The summed E-state index contributed by atoms with van der Waals surface area (Å²) >= 11 is 0. The quantitative estimate of drug-likeness (QED) is 0.531. The molecule has 8 heteroatoms. The van der Waals surface area contributed by atoms with Crippen LogP contribution in [0.5, 0.6) is 5.75 Å². The van der Waals surface area contributed by atoms with E-state index in [0.717, 1.165) is 61.4 Å².